The lowest BCUT2D eigenvalue weighted by Crippen LogP contribution is -2.11. The third-order valence-electron chi connectivity index (χ3n) is 3.07. The number of alkyl halides is 3. The number of aliphatic hydroxyl groups excluding tert-OH is 1. The number of hydrogen-bond acceptors (Lipinski definition) is 1. The van der Waals surface area contributed by atoms with Gasteiger partial charge in [0.15, 0.2) is 0 Å². The lowest BCUT2D eigenvalue weighted by atomic mass is 9.96. The zero-order valence-corrected chi connectivity index (χ0v) is 8.88. The summed E-state index contributed by atoms with van der Waals surface area (Å²) in [5.41, 5.74) is -0.0866. The number of aliphatic hydroxyl groups is 1. The number of benzene rings is 1. The van der Waals surface area contributed by atoms with Crippen molar-refractivity contribution in [2.45, 2.75) is 32.0 Å². The first-order valence-corrected chi connectivity index (χ1v) is 5.26. The second-order valence-corrected chi connectivity index (χ2v) is 4.30. The van der Waals surface area contributed by atoms with Gasteiger partial charge in [0.05, 0.1) is 11.7 Å². The van der Waals surface area contributed by atoms with E-state index in [0.29, 0.717) is 5.56 Å². The lowest BCUT2D eigenvalue weighted by molar-refractivity contribution is -0.138. The maximum Gasteiger partial charge on any atom is 0.416 e. The van der Waals surface area contributed by atoms with Crippen LogP contribution in [0.15, 0.2) is 18.2 Å². The van der Waals surface area contributed by atoms with Crippen LogP contribution in [-0.4, -0.2) is 5.11 Å². The molecule has 1 unspecified atom stereocenters. The first-order valence-electron chi connectivity index (χ1n) is 5.26. The Labute approximate surface area is 91.9 Å². The van der Waals surface area contributed by atoms with E-state index in [4.69, 9.17) is 0 Å². The summed E-state index contributed by atoms with van der Waals surface area (Å²) in [6.07, 6.45) is -3.29. The number of halogens is 3. The summed E-state index contributed by atoms with van der Waals surface area (Å²) in [5, 5.41) is 9.86. The van der Waals surface area contributed by atoms with Crippen molar-refractivity contribution in [3.8, 4) is 0 Å². The number of rotatable bonds is 2. The lowest BCUT2D eigenvalue weighted by Gasteiger charge is -2.17. The van der Waals surface area contributed by atoms with E-state index in [2.05, 4.69) is 0 Å². The molecule has 1 nitrogen and oxygen atoms in total. The van der Waals surface area contributed by atoms with Crippen molar-refractivity contribution in [1.29, 1.82) is 0 Å². The third-order valence-corrected chi connectivity index (χ3v) is 3.07. The molecule has 0 aliphatic heterocycles. The molecular formula is C12H13F3O. The minimum atomic E-state index is -4.34. The molecule has 0 heterocycles. The molecule has 1 aromatic rings. The van der Waals surface area contributed by atoms with Gasteiger partial charge in [-0.1, -0.05) is 12.1 Å². The highest BCUT2D eigenvalue weighted by molar-refractivity contribution is 5.37. The van der Waals surface area contributed by atoms with Gasteiger partial charge in [-0.3, -0.25) is 0 Å². The van der Waals surface area contributed by atoms with E-state index in [1.807, 2.05) is 0 Å². The van der Waals surface area contributed by atoms with E-state index in [1.165, 1.54) is 13.0 Å². The minimum absolute atomic E-state index is 0.141. The molecule has 1 N–H and O–H groups in total. The van der Waals surface area contributed by atoms with Crippen molar-refractivity contribution in [3.05, 3.63) is 34.9 Å². The largest absolute Gasteiger partial charge is 0.416 e. The van der Waals surface area contributed by atoms with Gasteiger partial charge in [0.25, 0.3) is 0 Å². The molecule has 1 aliphatic rings. The molecule has 2 rings (SSSR count). The van der Waals surface area contributed by atoms with Gasteiger partial charge in [0, 0.05) is 0 Å². The molecule has 1 saturated carbocycles. The summed E-state index contributed by atoms with van der Waals surface area (Å²) in [6, 6.07) is 3.99. The van der Waals surface area contributed by atoms with Gasteiger partial charge in [0.1, 0.15) is 0 Å². The number of hydrogen-bond donors (Lipinski definition) is 1. The molecule has 0 radical (unpaired) electrons. The maximum atomic E-state index is 12.6. The molecule has 4 heteroatoms. The summed E-state index contributed by atoms with van der Waals surface area (Å²) in [4.78, 5) is 0. The summed E-state index contributed by atoms with van der Waals surface area (Å²) in [5.74, 6) is 0.141. The molecule has 1 fully saturated rings. The summed E-state index contributed by atoms with van der Waals surface area (Å²) in [6.45, 7) is 1.42. The van der Waals surface area contributed by atoms with Crippen LogP contribution in [0.4, 0.5) is 13.2 Å². The van der Waals surface area contributed by atoms with Crippen molar-refractivity contribution >= 4 is 0 Å². The van der Waals surface area contributed by atoms with Gasteiger partial charge in [-0.05, 0) is 42.9 Å². The van der Waals surface area contributed by atoms with Crippen LogP contribution in [0.25, 0.3) is 0 Å². The molecule has 0 spiro atoms. The van der Waals surface area contributed by atoms with Crippen LogP contribution in [0.5, 0.6) is 0 Å². The van der Waals surface area contributed by atoms with Crippen LogP contribution < -0.4 is 0 Å². The Kier molecular flexibility index (Phi) is 2.70. The van der Waals surface area contributed by atoms with Crippen molar-refractivity contribution in [3.63, 3.8) is 0 Å². The molecule has 0 saturated heterocycles. The van der Waals surface area contributed by atoms with E-state index in [-0.39, 0.29) is 11.5 Å². The molecule has 0 bridgehead atoms. The van der Waals surface area contributed by atoms with Crippen LogP contribution in [-0.2, 0) is 6.18 Å². The van der Waals surface area contributed by atoms with E-state index in [0.717, 1.165) is 18.9 Å². The highest BCUT2D eigenvalue weighted by Crippen LogP contribution is 2.43. The highest BCUT2D eigenvalue weighted by atomic mass is 19.4. The van der Waals surface area contributed by atoms with Crippen molar-refractivity contribution in [1.82, 2.24) is 0 Å². The molecular weight excluding hydrogens is 217 g/mol. The Morgan fingerprint density at radius 3 is 2.44 bits per heavy atom. The zero-order chi connectivity index (χ0) is 11.9. The van der Waals surface area contributed by atoms with Crippen LogP contribution >= 0.6 is 0 Å². The van der Waals surface area contributed by atoms with E-state index < -0.39 is 17.8 Å². The maximum absolute atomic E-state index is 12.6. The molecule has 1 atom stereocenters. The molecule has 1 aromatic carbocycles. The van der Waals surface area contributed by atoms with Gasteiger partial charge in [0.2, 0.25) is 0 Å². The minimum Gasteiger partial charge on any atom is -0.388 e. The van der Waals surface area contributed by atoms with Crippen molar-refractivity contribution in [2.24, 2.45) is 5.92 Å². The van der Waals surface area contributed by atoms with Crippen LogP contribution in [0.2, 0.25) is 0 Å². The summed E-state index contributed by atoms with van der Waals surface area (Å²) < 4.78 is 37.9. The zero-order valence-electron chi connectivity index (χ0n) is 8.88. The SMILES string of the molecule is Cc1c(C(O)C2CC2)cccc1C(F)(F)F. The molecule has 0 aromatic heterocycles. The van der Waals surface area contributed by atoms with E-state index in [9.17, 15) is 18.3 Å². The molecule has 1 aliphatic carbocycles. The van der Waals surface area contributed by atoms with E-state index in [1.54, 1.807) is 6.07 Å². The van der Waals surface area contributed by atoms with Crippen LogP contribution in [0, 0.1) is 12.8 Å². The Bertz CT molecular complexity index is 394. The van der Waals surface area contributed by atoms with Gasteiger partial charge in [-0.15, -0.1) is 0 Å². The smallest absolute Gasteiger partial charge is 0.388 e. The van der Waals surface area contributed by atoms with Gasteiger partial charge in [-0.2, -0.15) is 13.2 Å². The van der Waals surface area contributed by atoms with Crippen LogP contribution in [0.3, 0.4) is 0 Å². The molecule has 16 heavy (non-hydrogen) atoms. The van der Waals surface area contributed by atoms with Gasteiger partial charge in [-0.25, -0.2) is 0 Å². The topological polar surface area (TPSA) is 20.2 Å². The average Bonchev–Trinajstić information content (AvgIpc) is 2.98. The van der Waals surface area contributed by atoms with Crippen LogP contribution in [0.1, 0.15) is 35.6 Å². The Morgan fingerprint density at radius 2 is 1.94 bits per heavy atom. The Morgan fingerprint density at radius 1 is 1.31 bits per heavy atom. The van der Waals surface area contributed by atoms with Gasteiger partial charge >= 0.3 is 6.18 Å². The second-order valence-electron chi connectivity index (χ2n) is 4.30. The quantitative estimate of drug-likeness (QED) is 0.824. The predicted octanol–water partition coefficient (Wildman–Crippen LogP) is 3.46. The first-order chi connectivity index (χ1) is 7.41. The molecule has 88 valence electrons. The molecule has 0 amide bonds. The fourth-order valence-electron chi connectivity index (χ4n) is 1.95. The second kappa shape index (κ2) is 3.77. The standard InChI is InChI=1S/C12H13F3O/c1-7-9(11(16)8-5-6-8)3-2-4-10(7)12(13,14)15/h2-4,8,11,16H,5-6H2,1H3. The third kappa shape index (κ3) is 2.07. The predicted molar refractivity (Wildman–Crippen MR) is 53.9 cm³/mol. The summed E-state index contributed by atoms with van der Waals surface area (Å²) >= 11 is 0. The fourth-order valence-corrected chi connectivity index (χ4v) is 1.95. The Balaban J connectivity index is 2.39. The van der Waals surface area contributed by atoms with Gasteiger partial charge < -0.3 is 5.11 Å². The summed E-state index contributed by atoms with van der Waals surface area (Å²) in [7, 11) is 0. The average molecular weight is 230 g/mol. The van der Waals surface area contributed by atoms with E-state index >= 15 is 0 Å². The highest BCUT2D eigenvalue weighted by Gasteiger charge is 2.36. The fraction of sp³-hybridized carbons (Fsp3) is 0.500. The van der Waals surface area contributed by atoms with Crippen molar-refractivity contribution in [2.75, 3.05) is 0 Å². The first kappa shape index (κ1) is 11.5. The normalized spacial score (nSPS) is 18.6. The Hall–Kier alpha value is -1.03. The van der Waals surface area contributed by atoms with Crippen molar-refractivity contribution < 1.29 is 18.3 Å². The monoisotopic (exact) mass is 230 g/mol.